The van der Waals surface area contributed by atoms with Crippen LogP contribution in [0.25, 0.3) is 6.08 Å². The molecule has 0 aliphatic rings. The first-order valence-electron chi connectivity index (χ1n) is 5.72. The second-order valence-corrected chi connectivity index (χ2v) is 5.05. The molecule has 0 aliphatic heterocycles. The summed E-state index contributed by atoms with van der Waals surface area (Å²) in [6.07, 6.45) is 5.70. The van der Waals surface area contributed by atoms with E-state index in [4.69, 9.17) is 0 Å². The number of hydrogen-bond donors (Lipinski definition) is 0. The van der Waals surface area contributed by atoms with E-state index in [1.807, 2.05) is 78.9 Å². The van der Waals surface area contributed by atoms with Gasteiger partial charge in [0, 0.05) is 10.3 Å². The third-order valence-electron chi connectivity index (χ3n) is 2.38. The smallest absolute Gasteiger partial charge is 0.0775 e. The highest BCUT2D eigenvalue weighted by atomic mass is 32.2. The quantitative estimate of drug-likeness (QED) is 0.753. The molecule has 0 saturated carbocycles. The molecule has 1 nitrogen and oxygen atoms in total. The Labute approximate surface area is 110 Å². The molecule has 0 saturated heterocycles. The van der Waals surface area contributed by atoms with Crippen molar-refractivity contribution < 1.29 is 4.21 Å². The van der Waals surface area contributed by atoms with Gasteiger partial charge in [-0.15, -0.1) is 0 Å². The molecule has 0 bridgehead atoms. The van der Waals surface area contributed by atoms with Gasteiger partial charge in [0.05, 0.1) is 10.8 Å². The van der Waals surface area contributed by atoms with Gasteiger partial charge in [0.15, 0.2) is 0 Å². The van der Waals surface area contributed by atoms with E-state index < -0.39 is 10.8 Å². The molecule has 0 fully saturated rings. The molecule has 2 rings (SSSR count). The van der Waals surface area contributed by atoms with Crippen LogP contribution >= 0.6 is 0 Å². The Morgan fingerprint density at radius 3 is 2.06 bits per heavy atom. The lowest BCUT2D eigenvalue weighted by Crippen LogP contribution is -1.83. The Kier molecular flexibility index (Phi) is 4.68. The second kappa shape index (κ2) is 6.72. The van der Waals surface area contributed by atoms with Gasteiger partial charge >= 0.3 is 0 Å². The summed E-state index contributed by atoms with van der Waals surface area (Å²) in [5.41, 5.74) is 1.13. The van der Waals surface area contributed by atoms with E-state index in [-0.39, 0.29) is 0 Å². The average Bonchev–Trinajstić information content (AvgIpc) is 2.45. The van der Waals surface area contributed by atoms with E-state index in [1.54, 1.807) is 5.41 Å². The largest absolute Gasteiger partial charge is 0.250 e. The van der Waals surface area contributed by atoms with Crippen LogP contribution in [0.2, 0.25) is 0 Å². The molecule has 0 aromatic heterocycles. The van der Waals surface area contributed by atoms with Crippen LogP contribution in [0.3, 0.4) is 0 Å². The minimum Gasteiger partial charge on any atom is -0.250 e. The predicted octanol–water partition coefficient (Wildman–Crippen LogP) is 4.02. The fourth-order valence-corrected chi connectivity index (χ4v) is 2.30. The van der Waals surface area contributed by atoms with Gasteiger partial charge in [0.1, 0.15) is 0 Å². The highest BCUT2D eigenvalue weighted by Crippen LogP contribution is 2.07. The van der Waals surface area contributed by atoms with Crippen molar-refractivity contribution in [1.29, 1.82) is 0 Å². The van der Waals surface area contributed by atoms with E-state index in [2.05, 4.69) is 0 Å². The lowest BCUT2D eigenvalue weighted by molar-refractivity contribution is 0.688. The molecule has 0 unspecified atom stereocenters. The summed E-state index contributed by atoms with van der Waals surface area (Å²) in [7, 11) is -1.07. The summed E-state index contributed by atoms with van der Waals surface area (Å²) in [5.74, 6) is 0. The Hall–Kier alpha value is -1.93. The monoisotopic (exact) mass is 254 g/mol. The number of benzene rings is 2. The SMILES string of the molecule is O=[S@@](/C=C/C=C\c1ccccc1)c1ccccc1. The van der Waals surface area contributed by atoms with Gasteiger partial charge in [-0.3, -0.25) is 0 Å². The molecule has 90 valence electrons. The molecule has 0 aliphatic carbocycles. The number of allylic oxidation sites excluding steroid dienone is 2. The van der Waals surface area contributed by atoms with Crippen LogP contribution in [0.5, 0.6) is 0 Å². The van der Waals surface area contributed by atoms with Gasteiger partial charge in [-0.25, -0.2) is 4.21 Å². The fourth-order valence-electron chi connectivity index (χ4n) is 1.48. The van der Waals surface area contributed by atoms with Gasteiger partial charge in [0.25, 0.3) is 0 Å². The predicted molar refractivity (Wildman–Crippen MR) is 77.5 cm³/mol. The zero-order valence-corrected chi connectivity index (χ0v) is 10.7. The zero-order chi connectivity index (χ0) is 12.6. The Morgan fingerprint density at radius 2 is 1.39 bits per heavy atom. The maximum Gasteiger partial charge on any atom is 0.0775 e. The van der Waals surface area contributed by atoms with Crippen LogP contribution in [-0.4, -0.2) is 4.21 Å². The normalized spacial score (nSPS) is 13.1. The van der Waals surface area contributed by atoms with Crippen molar-refractivity contribution >= 4 is 16.9 Å². The number of rotatable bonds is 4. The van der Waals surface area contributed by atoms with E-state index in [1.165, 1.54) is 0 Å². The molecular formula is C16H14OS. The molecule has 0 amide bonds. The Balaban J connectivity index is 1.96. The first kappa shape index (κ1) is 12.5. The molecular weight excluding hydrogens is 240 g/mol. The highest BCUT2D eigenvalue weighted by molar-refractivity contribution is 7.88. The third kappa shape index (κ3) is 3.82. The van der Waals surface area contributed by atoms with Crippen LogP contribution in [0.15, 0.2) is 83.1 Å². The summed E-state index contributed by atoms with van der Waals surface area (Å²) in [5, 5.41) is 1.69. The standard InChI is InChI=1S/C16H14OS/c17-18(16-12-5-2-6-13-16)14-8-7-11-15-9-3-1-4-10-15/h1-14H/b11-7-,14-8+/t18-/m0/s1. The lowest BCUT2D eigenvalue weighted by Gasteiger charge is -1.93. The molecule has 2 aromatic rings. The summed E-state index contributed by atoms with van der Waals surface area (Å²) < 4.78 is 11.8. The molecule has 0 radical (unpaired) electrons. The molecule has 18 heavy (non-hydrogen) atoms. The second-order valence-electron chi connectivity index (χ2n) is 3.71. The Morgan fingerprint density at radius 1 is 0.778 bits per heavy atom. The van der Waals surface area contributed by atoms with Crippen molar-refractivity contribution in [3.05, 3.63) is 83.8 Å². The minimum absolute atomic E-state index is 0.821. The molecule has 0 spiro atoms. The number of hydrogen-bond acceptors (Lipinski definition) is 1. The maximum absolute atomic E-state index is 11.8. The van der Waals surface area contributed by atoms with Crippen LogP contribution in [0, 0.1) is 0 Å². The van der Waals surface area contributed by atoms with Gasteiger partial charge in [-0.1, -0.05) is 66.8 Å². The topological polar surface area (TPSA) is 17.1 Å². The molecule has 2 heteroatoms. The van der Waals surface area contributed by atoms with Gasteiger partial charge < -0.3 is 0 Å². The lowest BCUT2D eigenvalue weighted by atomic mass is 10.2. The molecule has 1 atom stereocenters. The van der Waals surface area contributed by atoms with Crippen molar-refractivity contribution in [2.45, 2.75) is 4.90 Å². The summed E-state index contributed by atoms with van der Waals surface area (Å²) in [6, 6.07) is 19.4. The fraction of sp³-hybridized carbons (Fsp3) is 0. The van der Waals surface area contributed by atoms with Gasteiger partial charge in [0.2, 0.25) is 0 Å². The molecule has 0 heterocycles. The van der Waals surface area contributed by atoms with Gasteiger partial charge in [-0.2, -0.15) is 0 Å². The van der Waals surface area contributed by atoms with Crippen LogP contribution in [0.1, 0.15) is 5.56 Å². The van der Waals surface area contributed by atoms with Crippen LogP contribution in [0.4, 0.5) is 0 Å². The van der Waals surface area contributed by atoms with E-state index in [0.717, 1.165) is 10.5 Å². The van der Waals surface area contributed by atoms with Crippen LogP contribution in [-0.2, 0) is 10.8 Å². The summed E-state index contributed by atoms with van der Waals surface area (Å²) >= 11 is 0. The first-order valence-corrected chi connectivity index (χ1v) is 6.93. The van der Waals surface area contributed by atoms with E-state index in [9.17, 15) is 4.21 Å². The average molecular weight is 254 g/mol. The van der Waals surface area contributed by atoms with Crippen molar-refractivity contribution in [2.75, 3.05) is 0 Å². The highest BCUT2D eigenvalue weighted by Gasteiger charge is 1.95. The van der Waals surface area contributed by atoms with E-state index >= 15 is 0 Å². The van der Waals surface area contributed by atoms with Crippen molar-refractivity contribution in [3.63, 3.8) is 0 Å². The maximum atomic E-state index is 11.8. The first-order chi connectivity index (χ1) is 8.86. The molecule has 2 aromatic carbocycles. The Bertz CT molecular complexity index is 556. The van der Waals surface area contributed by atoms with E-state index in [0.29, 0.717) is 0 Å². The van der Waals surface area contributed by atoms with Crippen LogP contribution < -0.4 is 0 Å². The zero-order valence-electron chi connectivity index (χ0n) is 9.90. The third-order valence-corrected chi connectivity index (χ3v) is 3.52. The summed E-state index contributed by atoms with van der Waals surface area (Å²) in [4.78, 5) is 0.821. The van der Waals surface area contributed by atoms with Crippen molar-refractivity contribution in [1.82, 2.24) is 0 Å². The summed E-state index contributed by atoms with van der Waals surface area (Å²) in [6.45, 7) is 0. The molecule has 0 N–H and O–H groups in total. The minimum atomic E-state index is -1.07. The van der Waals surface area contributed by atoms with Crippen molar-refractivity contribution in [3.8, 4) is 0 Å². The van der Waals surface area contributed by atoms with Crippen molar-refractivity contribution in [2.24, 2.45) is 0 Å². The van der Waals surface area contributed by atoms with Gasteiger partial charge in [-0.05, 0) is 17.7 Å².